The number of nitrogens with two attached hydrogens (primary N) is 1. The molecule has 2 aliphatic rings. The van der Waals surface area contributed by atoms with Crippen LogP contribution in [-0.2, 0) is 9.53 Å². The third-order valence-electron chi connectivity index (χ3n) is 5.95. The number of aromatic nitrogens is 4. The minimum absolute atomic E-state index is 0.0790. The van der Waals surface area contributed by atoms with Crippen LogP contribution >= 0.6 is 0 Å². The van der Waals surface area contributed by atoms with Crippen LogP contribution in [0.15, 0.2) is 6.33 Å². The molecule has 6 N–H and O–H groups in total. The molecule has 1 unspecified atom stereocenters. The van der Waals surface area contributed by atoms with Gasteiger partial charge in [-0.15, -0.1) is 0 Å². The maximum Gasteiger partial charge on any atom is 0.252 e. The summed E-state index contributed by atoms with van der Waals surface area (Å²) < 4.78 is 7.04. The first-order valence-corrected chi connectivity index (χ1v) is 10.8. The van der Waals surface area contributed by atoms with Crippen molar-refractivity contribution in [2.24, 2.45) is 5.92 Å². The van der Waals surface area contributed by atoms with E-state index in [1.165, 1.54) is 10.9 Å². The number of hydrogen-bond donors (Lipinski definition) is 5. The number of nitrogens with one attached hydrogen (secondary N) is 1. The molecule has 1 aliphatic carbocycles. The van der Waals surface area contributed by atoms with Crippen LogP contribution in [0.5, 0.6) is 0 Å². The van der Waals surface area contributed by atoms with E-state index in [-0.39, 0.29) is 22.8 Å². The predicted molar refractivity (Wildman–Crippen MR) is 114 cm³/mol. The van der Waals surface area contributed by atoms with Gasteiger partial charge < -0.3 is 31.1 Å². The standard InChI is InChI=1S/C21H28N6O5/c1-3-23-19(30)16-14(28)15(29)20(32-16)27-10-24-13-17(22)25-12(26-18(13)27)6-8-21(31)7-4-5-11(2)9-21/h10-11,14-16,20,28-29,31H,3-5,7,9H2,1-2H3,(H,23,30)(H2,22,25,26)/t11-,14?,15-,16-,20+,21+/m0/s1. The number of fused-ring (bicyclic) bond motifs is 1. The Bertz CT molecular complexity index is 1080. The van der Waals surface area contributed by atoms with E-state index in [0.717, 1.165) is 12.8 Å². The van der Waals surface area contributed by atoms with Crippen molar-refractivity contribution >= 4 is 22.9 Å². The number of nitrogen functional groups attached to an aromatic ring is 1. The van der Waals surface area contributed by atoms with E-state index in [1.807, 2.05) is 0 Å². The summed E-state index contributed by atoms with van der Waals surface area (Å²) in [7, 11) is 0. The second kappa shape index (κ2) is 8.63. The van der Waals surface area contributed by atoms with Gasteiger partial charge in [0.05, 0.1) is 6.33 Å². The molecule has 3 heterocycles. The van der Waals surface area contributed by atoms with E-state index in [9.17, 15) is 20.1 Å². The van der Waals surface area contributed by atoms with Crippen molar-refractivity contribution < 1.29 is 24.9 Å². The number of imidazole rings is 1. The van der Waals surface area contributed by atoms with Gasteiger partial charge >= 0.3 is 0 Å². The number of aliphatic hydroxyl groups is 3. The molecule has 11 heteroatoms. The van der Waals surface area contributed by atoms with E-state index in [0.29, 0.717) is 25.3 Å². The largest absolute Gasteiger partial charge is 0.387 e. The van der Waals surface area contributed by atoms with Crippen LogP contribution in [0, 0.1) is 17.8 Å². The van der Waals surface area contributed by atoms with Gasteiger partial charge in [-0.3, -0.25) is 9.36 Å². The lowest BCUT2D eigenvalue weighted by atomic mass is 9.79. The van der Waals surface area contributed by atoms with Gasteiger partial charge in [-0.2, -0.15) is 0 Å². The van der Waals surface area contributed by atoms with Gasteiger partial charge in [0.1, 0.15) is 23.3 Å². The summed E-state index contributed by atoms with van der Waals surface area (Å²) in [6, 6.07) is 0. The fraction of sp³-hybridized carbons (Fsp3) is 0.619. The molecule has 4 rings (SSSR count). The highest BCUT2D eigenvalue weighted by atomic mass is 16.6. The first kappa shape index (κ1) is 22.4. The molecule has 2 aromatic heterocycles. The van der Waals surface area contributed by atoms with Crippen LogP contribution in [0.25, 0.3) is 11.2 Å². The van der Waals surface area contributed by atoms with Crippen LogP contribution in [-0.4, -0.2) is 71.2 Å². The Kier molecular flexibility index (Phi) is 6.05. The van der Waals surface area contributed by atoms with Crippen molar-refractivity contribution in [2.75, 3.05) is 12.3 Å². The molecule has 32 heavy (non-hydrogen) atoms. The molecule has 172 valence electrons. The average molecular weight is 444 g/mol. The van der Waals surface area contributed by atoms with Crippen LogP contribution in [0.3, 0.4) is 0 Å². The van der Waals surface area contributed by atoms with E-state index in [4.69, 9.17) is 10.5 Å². The first-order chi connectivity index (χ1) is 15.2. The smallest absolute Gasteiger partial charge is 0.252 e. The molecule has 0 bridgehead atoms. The topological polar surface area (TPSA) is 169 Å². The van der Waals surface area contributed by atoms with Crippen LogP contribution in [0.4, 0.5) is 5.82 Å². The lowest BCUT2D eigenvalue weighted by molar-refractivity contribution is -0.137. The molecule has 2 fully saturated rings. The predicted octanol–water partition coefficient (Wildman–Crippen LogP) is -0.543. The Labute approximate surface area is 185 Å². The molecule has 1 saturated carbocycles. The summed E-state index contributed by atoms with van der Waals surface area (Å²) >= 11 is 0. The highest BCUT2D eigenvalue weighted by molar-refractivity contribution is 5.83. The highest BCUT2D eigenvalue weighted by Gasteiger charge is 2.47. The van der Waals surface area contributed by atoms with Crippen LogP contribution in [0.2, 0.25) is 0 Å². The maximum absolute atomic E-state index is 12.2. The minimum atomic E-state index is -1.43. The summed E-state index contributed by atoms with van der Waals surface area (Å²) in [5.74, 6) is 5.74. The summed E-state index contributed by atoms with van der Waals surface area (Å²) in [5, 5.41) is 34.1. The zero-order valence-corrected chi connectivity index (χ0v) is 18.0. The first-order valence-electron chi connectivity index (χ1n) is 10.8. The van der Waals surface area contributed by atoms with Gasteiger partial charge in [-0.1, -0.05) is 19.3 Å². The number of nitrogens with zero attached hydrogens (tertiary/aromatic N) is 4. The van der Waals surface area contributed by atoms with Gasteiger partial charge in [0.25, 0.3) is 5.91 Å². The summed E-state index contributed by atoms with van der Waals surface area (Å²) in [5.41, 5.74) is 5.44. The van der Waals surface area contributed by atoms with Crippen molar-refractivity contribution in [1.82, 2.24) is 24.8 Å². The molecule has 0 aromatic carbocycles. The normalized spacial score (nSPS) is 32.5. The molecule has 11 nitrogen and oxygen atoms in total. The number of likely N-dealkylation sites (N-methyl/N-ethyl adjacent to an activating group) is 1. The SMILES string of the molecule is CCNC(=O)[C@H]1O[C@@H](n2cnc3c(N)nc(C#C[C@]4(O)CCC[C@H](C)C4)nc32)[C@@H](O)C1O. The fourth-order valence-corrected chi connectivity index (χ4v) is 4.37. The lowest BCUT2D eigenvalue weighted by Gasteiger charge is -2.30. The third-order valence-corrected chi connectivity index (χ3v) is 5.95. The molecule has 0 spiro atoms. The fourth-order valence-electron chi connectivity index (χ4n) is 4.37. The van der Waals surface area contributed by atoms with Crippen LogP contribution < -0.4 is 11.1 Å². The summed E-state index contributed by atoms with van der Waals surface area (Å²) in [6.45, 7) is 4.18. The number of aliphatic hydroxyl groups excluding tert-OH is 2. The minimum Gasteiger partial charge on any atom is -0.387 e. The van der Waals surface area contributed by atoms with Crippen molar-refractivity contribution in [1.29, 1.82) is 0 Å². The van der Waals surface area contributed by atoms with Gasteiger partial charge in [-0.05, 0) is 38.0 Å². The molecule has 1 amide bonds. The second-order valence-electron chi connectivity index (χ2n) is 8.56. The van der Waals surface area contributed by atoms with E-state index < -0.39 is 36.0 Å². The Morgan fingerprint density at radius 2 is 2.19 bits per heavy atom. The lowest BCUT2D eigenvalue weighted by Crippen LogP contribution is -2.42. The Morgan fingerprint density at radius 1 is 1.41 bits per heavy atom. The maximum atomic E-state index is 12.2. The van der Waals surface area contributed by atoms with E-state index in [1.54, 1.807) is 6.92 Å². The molecule has 0 radical (unpaired) electrons. The highest BCUT2D eigenvalue weighted by Crippen LogP contribution is 2.33. The number of carbonyl (C=O) groups is 1. The third kappa shape index (κ3) is 4.14. The van der Waals surface area contributed by atoms with Gasteiger partial charge in [-0.25, -0.2) is 15.0 Å². The Balaban J connectivity index is 1.66. The number of rotatable bonds is 3. The number of anilines is 1. The molecular formula is C21H28N6O5. The second-order valence-corrected chi connectivity index (χ2v) is 8.56. The molecule has 1 saturated heterocycles. The number of carbonyl (C=O) groups excluding carboxylic acids is 1. The molecule has 1 aliphatic heterocycles. The van der Waals surface area contributed by atoms with Gasteiger partial charge in [0, 0.05) is 6.54 Å². The Morgan fingerprint density at radius 3 is 2.91 bits per heavy atom. The quantitative estimate of drug-likeness (QED) is 0.390. The monoisotopic (exact) mass is 444 g/mol. The van der Waals surface area contributed by atoms with Crippen molar-refractivity contribution in [3.05, 3.63) is 12.2 Å². The molecular weight excluding hydrogens is 416 g/mol. The number of amides is 1. The van der Waals surface area contributed by atoms with E-state index >= 15 is 0 Å². The average Bonchev–Trinajstić information content (AvgIpc) is 3.28. The molecule has 6 atom stereocenters. The summed E-state index contributed by atoms with van der Waals surface area (Å²) in [6.07, 6.45) is -0.699. The van der Waals surface area contributed by atoms with Crippen molar-refractivity contribution in [3.8, 4) is 11.8 Å². The Hall–Kier alpha value is -2.78. The van der Waals surface area contributed by atoms with Crippen molar-refractivity contribution in [3.63, 3.8) is 0 Å². The van der Waals surface area contributed by atoms with Gasteiger partial charge in [0.2, 0.25) is 5.82 Å². The zero-order chi connectivity index (χ0) is 23.0. The summed E-state index contributed by atoms with van der Waals surface area (Å²) in [4.78, 5) is 24.9. The zero-order valence-electron chi connectivity index (χ0n) is 18.0. The van der Waals surface area contributed by atoms with Crippen LogP contribution in [0.1, 0.15) is 51.6 Å². The van der Waals surface area contributed by atoms with Gasteiger partial charge in [0.15, 0.2) is 23.8 Å². The molecule has 2 aromatic rings. The van der Waals surface area contributed by atoms with Crippen molar-refractivity contribution in [2.45, 2.75) is 69.7 Å². The number of ether oxygens (including phenoxy) is 1. The number of hydrogen-bond acceptors (Lipinski definition) is 9. The van der Waals surface area contributed by atoms with E-state index in [2.05, 4.69) is 39.0 Å².